The summed E-state index contributed by atoms with van der Waals surface area (Å²) in [5.74, 6) is -0.863. The first-order chi connectivity index (χ1) is 18.7. The van der Waals surface area contributed by atoms with Crippen molar-refractivity contribution in [3.05, 3.63) is 58.7 Å². The van der Waals surface area contributed by atoms with E-state index in [0.29, 0.717) is 29.1 Å². The summed E-state index contributed by atoms with van der Waals surface area (Å²) < 4.78 is 11.7. The van der Waals surface area contributed by atoms with Crippen LogP contribution in [0.15, 0.2) is 43.0 Å². The van der Waals surface area contributed by atoms with Crippen molar-refractivity contribution in [2.45, 2.75) is 12.6 Å². The number of anilines is 1. The smallest absolute Gasteiger partial charge is 0.329 e. The molecule has 15 heteroatoms. The summed E-state index contributed by atoms with van der Waals surface area (Å²) in [6.07, 6.45) is 4.78. The fourth-order valence-electron chi connectivity index (χ4n) is 4.00. The van der Waals surface area contributed by atoms with Gasteiger partial charge in [-0.2, -0.15) is 4.98 Å². The van der Waals surface area contributed by atoms with Gasteiger partial charge in [0.25, 0.3) is 0 Å². The molecule has 1 aliphatic heterocycles. The number of nitrogens with one attached hydrogen (secondary N) is 1. The first-order valence-corrected chi connectivity index (χ1v) is 12.5. The van der Waals surface area contributed by atoms with Gasteiger partial charge in [0.05, 0.1) is 12.1 Å². The predicted molar refractivity (Wildman–Crippen MR) is 140 cm³/mol. The number of carboxylic acid groups (broad SMARTS) is 1. The van der Waals surface area contributed by atoms with Crippen molar-refractivity contribution >= 4 is 46.8 Å². The van der Waals surface area contributed by atoms with Crippen LogP contribution in [0.25, 0.3) is 5.95 Å². The second kappa shape index (κ2) is 12.7. The van der Waals surface area contributed by atoms with Crippen LogP contribution in [0.2, 0.25) is 10.2 Å². The van der Waals surface area contributed by atoms with Gasteiger partial charge in [0.1, 0.15) is 42.3 Å². The van der Waals surface area contributed by atoms with Crippen molar-refractivity contribution in [2.75, 3.05) is 44.9 Å². The summed E-state index contributed by atoms with van der Waals surface area (Å²) in [7, 11) is 1.51. The average Bonchev–Trinajstić information content (AvgIpc) is 3.46. The third-order valence-corrected chi connectivity index (χ3v) is 6.36. The van der Waals surface area contributed by atoms with E-state index in [-0.39, 0.29) is 24.8 Å². The van der Waals surface area contributed by atoms with Crippen LogP contribution in [0.1, 0.15) is 5.56 Å². The Hall–Kier alpha value is -3.94. The maximum Gasteiger partial charge on any atom is 0.329 e. The highest BCUT2D eigenvalue weighted by Gasteiger charge is 2.36. The largest absolute Gasteiger partial charge is 0.495 e. The van der Waals surface area contributed by atoms with Gasteiger partial charge >= 0.3 is 5.97 Å². The van der Waals surface area contributed by atoms with Gasteiger partial charge in [0, 0.05) is 44.6 Å². The van der Waals surface area contributed by atoms with E-state index in [9.17, 15) is 14.4 Å². The van der Waals surface area contributed by atoms with Crippen molar-refractivity contribution in [1.29, 1.82) is 0 Å². The van der Waals surface area contributed by atoms with E-state index in [1.54, 1.807) is 41.2 Å². The van der Waals surface area contributed by atoms with Crippen LogP contribution in [0.5, 0.6) is 5.75 Å². The minimum atomic E-state index is -1.20. The number of imidazole rings is 1. The van der Waals surface area contributed by atoms with Crippen LogP contribution >= 0.6 is 23.2 Å². The van der Waals surface area contributed by atoms with E-state index in [0.717, 1.165) is 5.56 Å². The molecule has 1 aromatic carbocycles. The van der Waals surface area contributed by atoms with Crippen LogP contribution in [0.4, 0.5) is 5.82 Å². The molecule has 1 atom stereocenters. The molecule has 206 valence electrons. The zero-order valence-corrected chi connectivity index (χ0v) is 22.3. The number of halogens is 2. The molecule has 4 rings (SSSR count). The van der Waals surface area contributed by atoms with Gasteiger partial charge < -0.3 is 29.7 Å². The summed E-state index contributed by atoms with van der Waals surface area (Å²) in [5.41, 5.74) is 0.733. The number of aromatic nitrogens is 4. The molecule has 0 radical (unpaired) electrons. The van der Waals surface area contributed by atoms with E-state index >= 15 is 0 Å². The molecule has 0 aliphatic carbocycles. The lowest BCUT2D eigenvalue weighted by Crippen LogP contribution is -2.61. The second-order valence-electron chi connectivity index (χ2n) is 8.44. The number of piperazine rings is 1. The minimum Gasteiger partial charge on any atom is -0.495 e. The molecule has 1 fully saturated rings. The summed E-state index contributed by atoms with van der Waals surface area (Å²) in [4.78, 5) is 53.0. The van der Waals surface area contributed by atoms with Crippen molar-refractivity contribution in [2.24, 2.45) is 0 Å². The predicted octanol–water partition coefficient (Wildman–Crippen LogP) is 1.41. The second-order valence-corrected chi connectivity index (χ2v) is 9.24. The highest BCUT2D eigenvalue weighted by atomic mass is 35.5. The van der Waals surface area contributed by atoms with Gasteiger partial charge in [-0.05, 0) is 17.7 Å². The van der Waals surface area contributed by atoms with E-state index < -0.39 is 37.0 Å². The van der Waals surface area contributed by atoms with Gasteiger partial charge in [-0.3, -0.25) is 14.2 Å². The number of rotatable bonds is 10. The Morgan fingerprint density at radius 1 is 1.15 bits per heavy atom. The maximum absolute atomic E-state index is 13.4. The van der Waals surface area contributed by atoms with Crippen molar-refractivity contribution < 1.29 is 29.0 Å². The Kier molecular flexibility index (Phi) is 9.17. The molecule has 2 amide bonds. The highest BCUT2D eigenvalue weighted by molar-refractivity contribution is 6.32. The Morgan fingerprint density at radius 2 is 1.97 bits per heavy atom. The molecule has 0 saturated carbocycles. The lowest BCUT2D eigenvalue weighted by atomic mass is 10.1. The van der Waals surface area contributed by atoms with E-state index in [1.165, 1.54) is 18.3 Å². The molecule has 3 aromatic rings. The highest BCUT2D eigenvalue weighted by Crippen LogP contribution is 2.25. The molecule has 13 nitrogen and oxygen atoms in total. The Bertz CT molecular complexity index is 1340. The van der Waals surface area contributed by atoms with E-state index in [2.05, 4.69) is 20.3 Å². The molecular weight excluding hydrogens is 553 g/mol. The quantitative estimate of drug-likeness (QED) is 0.338. The summed E-state index contributed by atoms with van der Waals surface area (Å²) >= 11 is 12.5. The number of carbonyl (C=O) groups is 3. The van der Waals surface area contributed by atoms with Gasteiger partial charge in [-0.15, -0.1) is 0 Å². The zero-order chi connectivity index (χ0) is 27.9. The van der Waals surface area contributed by atoms with Gasteiger partial charge in [0.2, 0.25) is 17.8 Å². The zero-order valence-electron chi connectivity index (χ0n) is 20.8. The number of ether oxygens (including phenoxy) is 2. The maximum atomic E-state index is 13.4. The number of amides is 2. The molecule has 1 aliphatic rings. The average molecular weight is 578 g/mol. The fraction of sp³-hybridized carbons (Fsp3) is 0.333. The van der Waals surface area contributed by atoms with Gasteiger partial charge in [0.15, 0.2) is 0 Å². The number of hydrogen-bond acceptors (Lipinski definition) is 9. The summed E-state index contributed by atoms with van der Waals surface area (Å²) in [6, 6.07) is 5.78. The van der Waals surface area contributed by atoms with Crippen LogP contribution in [0, 0.1) is 0 Å². The van der Waals surface area contributed by atoms with Gasteiger partial charge in [-0.25, -0.2) is 14.8 Å². The number of benzene rings is 1. The molecule has 3 heterocycles. The minimum absolute atomic E-state index is 0.0938. The van der Waals surface area contributed by atoms with Crippen molar-refractivity contribution in [1.82, 2.24) is 29.7 Å². The number of aliphatic carboxylic acids is 1. The van der Waals surface area contributed by atoms with Crippen molar-refractivity contribution in [3.8, 4) is 11.7 Å². The fourth-order valence-corrected chi connectivity index (χ4v) is 4.45. The standard InChI is InChI=1S/C24H25Cl2N7O6/c1-38-18-3-2-15(8-16(18)25)10-28-23(37)17-11-31(6-7-33(17)21(34)12-39-13-22(35)36)20-9-19(26)29-24(30-20)32-5-4-27-14-32/h2-5,8-9,14,17H,6-7,10-13H2,1H3,(H,28,37)(H,35,36). The topological polar surface area (TPSA) is 152 Å². The van der Waals surface area contributed by atoms with Crippen LogP contribution in [-0.2, 0) is 25.7 Å². The molecule has 1 unspecified atom stereocenters. The van der Waals surface area contributed by atoms with Crippen molar-refractivity contribution in [3.63, 3.8) is 0 Å². The molecular formula is C24H25Cl2N7O6. The van der Waals surface area contributed by atoms with Crippen LogP contribution in [-0.4, -0.2) is 93.3 Å². The number of methoxy groups -OCH3 is 1. The van der Waals surface area contributed by atoms with E-state index in [1.807, 2.05) is 4.90 Å². The number of carboxylic acids is 1. The molecule has 1 saturated heterocycles. The monoisotopic (exact) mass is 577 g/mol. The Balaban J connectivity index is 1.53. The lowest BCUT2D eigenvalue weighted by Gasteiger charge is -2.41. The molecule has 2 N–H and O–H groups in total. The van der Waals surface area contributed by atoms with Crippen LogP contribution < -0.4 is 15.0 Å². The first kappa shape index (κ1) is 28.1. The molecule has 2 aromatic heterocycles. The molecule has 0 spiro atoms. The third kappa shape index (κ3) is 7.13. The summed E-state index contributed by atoms with van der Waals surface area (Å²) in [6.45, 7) is -0.369. The number of hydrogen-bond donors (Lipinski definition) is 2. The Labute approximate surface area is 233 Å². The number of nitrogens with zero attached hydrogens (tertiary/aromatic N) is 6. The Morgan fingerprint density at radius 3 is 2.67 bits per heavy atom. The number of carbonyl (C=O) groups excluding carboxylic acids is 2. The van der Waals surface area contributed by atoms with Gasteiger partial charge in [-0.1, -0.05) is 29.3 Å². The normalized spacial score (nSPS) is 15.2. The van der Waals surface area contributed by atoms with E-state index in [4.69, 9.17) is 37.8 Å². The molecule has 0 bridgehead atoms. The SMILES string of the molecule is COc1ccc(CNC(=O)C2CN(c3cc(Cl)nc(-n4ccnc4)n3)CCN2C(=O)COCC(=O)O)cc1Cl. The molecule has 39 heavy (non-hydrogen) atoms. The third-order valence-electron chi connectivity index (χ3n) is 5.87. The van der Waals surface area contributed by atoms with Crippen LogP contribution in [0.3, 0.4) is 0 Å². The first-order valence-electron chi connectivity index (χ1n) is 11.7. The lowest BCUT2D eigenvalue weighted by molar-refractivity contribution is -0.149. The summed E-state index contributed by atoms with van der Waals surface area (Å²) in [5, 5.41) is 12.3.